The summed E-state index contributed by atoms with van der Waals surface area (Å²) in [6.45, 7) is 2.86. The zero-order chi connectivity index (χ0) is 20.8. The lowest BCUT2D eigenvalue weighted by Crippen LogP contribution is -2.40. The molecule has 3 heterocycles. The lowest BCUT2D eigenvalue weighted by Gasteiger charge is -2.33. The van der Waals surface area contributed by atoms with Gasteiger partial charge in [0.1, 0.15) is 11.6 Å². The molecule has 2 amide bonds. The standard InChI is InChI=1S/C22H28N4O4/c27-21(10-15-30-19-4-2-1-3-5-19)25-12-7-18(8-13-25)26-20(6-11-23-26)24-22(28)17-9-14-29-16-17/h1-6,11,17-18H,7-10,12-16H2,(H,24,28)/t17-/m0/s1. The summed E-state index contributed by atoms with van der Waals surface area (Å²) in [5.74, 6) is 1.50. The average Bonchev–Trinajstić information content (AvgIpc) is 3.47. The summed E-state index contributed by atoms with van der Waals surface area (Å²) in [7, 11) is 0. The molecule has 0 radical (unpaired) electrons. The Morgan fingerprint density at radius 1 is 1.13 bits per heavy atom. The lowest BCUT2D eigenvalue weighted by atomic mass is 10.0. The van der Waals surface area contributed by atoms with Crippen LogP contribution in [0, 0.1) is 5.92 Å². The van der Waals surface area contributed by atoms with Crippen LogP contribution in [0.15, 0.2) is 42.6 Å². The number of aromatic nitrogens is 2. The predicted octanol–water partition coefficient (Wildman–Crippen LogP) is 2.49. The van der Waals surface area contributed by atoms with Gasteiger partial charge in [0.05, 0.1) is 37.8 Å². The molecule has 160 valence electrons. The molecule has 1 atom stereocenters. The molecule has 2 aromatic rings. The molecule has 0 unspecified atom stereocenters. The number of piperidine rings is 1. The highest BCUT2D eigenvalue weighted by Crippen LogP contribution is 2.26. The predicted molar refractivity (Wildman–Crippen MR) is 111 cm³/mol. The van der Waals surface area contributed by atoms with E-state index >= 15 is 0 Å². The average molecular weight is 412 g/mol. The Balaban J connectivity index is 1.24. The number of nitrogens with one attached hydrogen (secondary N) is 1. The molecule has 4 rings (SSSR count). The van der Waals surface area contributed by atoms with Gasteiger partial charge >= 0.3 is 0 Å². The van der Waals surface area contributed by atoms with Crippen molar-refractivity contribution in [3.8, 4) is 5.75 Å². The number of likely N-dealkylation sites (tertiary alicyclic amines) is 1. The molecular formula is C22H28N4O4. The first-order valence-electron chi connectivity index (χ1n) is 10.6. The second-order valence-electron chi connectivity index (χ2n) is 7.73. The van der Waals surface area contributed by atoms with Gasteiger partial charge in [-0.25, -0.2) is 4.68 Å². The lowest BCUT2D eigenvalue weighted by molar-refractivity contribution is -0.133. The summed E-state index contributed by atoms with van der Waals surface area (Å²) < 4.78 is 12.8. The van der Waals surface area contributed by atoms with Crippen molar-refractivity contribution >= 4 is 17.6 Å². The number of nitrogens with zero attached hydrogens (tertiary/aromatic N) is 3. The summed E-state index contributed by atoms with van der Waals surface area (Å²) >= 11 is 0. The van der Waals surface area contributed by atoms with Crippen LogP contribution in [0.2, 0.25) is 0 Å². The SMILES string of the molecule is O=C(Nc1ccnn1C1CCN(C(=O)CCOc2ccccc2)CC1)[C@H]1CCOC1. The van der Waals surface area contributed by atoms with Crippen molar-refractivity contribution in [3.05, 3.63) is 42.6 Å². The number of anilines is 1. The van der Waals surface area contributed by atoms with Crippen LogP contribution in [0.1, 0.15) is 31.7 Å². The second kappa shape index (κ2) is 9.75. The van der Waals surface area contributed by atoms with Gasteiger partial charge in [0, 0.05) is 25.8 Å². The largest absolute Gasteiger partial charge is 0.493 e. The molecular weight excluding hydrogens is 384 g/mol. The molecule has 2 fully saturated rings. The molecule has 1 N–H and O–H groups in total. The fourth-order valence-corrected chi connectivity index (χ4v) is 3.96. The third-order valence-electron chi connectivity index (χ3n) is 5.71. The summed E-state index contributed by atoms with van der Waals surface area (Å²) in [4.78, 5) is 26.8. The third-order valence-corrected chi connectivity index (χ3v) is 5.71. The zero-order valence-electron chi connectivity index (χ0n) is 17.0. The van der Waals surface area contributed by atoms with Crippen LogP contribution >= 0.6 is 0 Å². The van der Waals surface area contributed by atoms with Gasteiger partial charge in [0.2, 0.25) is 11.8 Å². The van der Waals surface area contributed by atoms with E-state index < -0.39 is 0 Å². The molecule has 30 heavy (non-hydrogen) atoms. The smallest absolute Gasteiger partial charge is 0.231 e. The minimum atomic E-state index is -0.0917. The fourth-order valence-electron chi connectivity index (χ4n) is 3.96. The topological polar surface area (TPSA) is 85.7 Å². The van der Waals surface area contributed by atoms with Crippen LogP contribution in [0.3, 0.4) is 0 Å². The van der Waals surface area contributed by atoms with Gasteiger partial charge in [-0.05, 0) is 31.4 Å². The van der Waals surface area contributed by atoms with Crippen molar-refractivity contribution in [2.75, 3.05) is 38.2 Å². The first kappa shape index (κ1) is 20.4. The van der Waals surface area contributed by atoms with Gasteiger partial charge in [0.15, 0.2) is 0 Å². The van der Waals surface area contributed by atoms with Crippen LogP contribution < -0.4 is 10.1 Å². The first-order chi connectivity index (χ1) is 14.7. The van der Waals surface area contributed by atoms with E-state index in [9.17, 15) is 9.59 Å². The molecule has 0 saturated carbocycles. The van der Waals surface area contributed by atoms with Crippen molar-refractivity contribution in [2.24, 2.45) is 5.92 Å². The summed E-state index contributed by atoms with van der Waals surface area (Å²) in [5.41, 5.74) is 0. The van der Waals surface area contributed by atoms with Crippen molar-refractivity contribution in [1.29, 1.82) is 0 Å². The number of ether oxygens (including phenoxy) is 2. The number of hydrogen-bond donors (Lipinski definition) is 1. The molecule has 2 saturated heterocycles. The fraction of sp³-hybridized carbons (Fsp3) is 0.500. The molecule has 1 aromatic carbocycles. The Labute approximate surface area is 176 Å². The number of carbonyl (C=O) groups excluding carboxylic acids is 2. The van der Waals surface area contributed by atoms with Crippen LogP contribution in [0.25, 0.3) is 0 Å². The molecule has 0 bridgehead atoms. The molecule has 2 aliphatic rings. The van der Waals surface area contributed by atoms with Crippen LogP contribution in [-0.2, 0) is 14.3 Å². The van der Waals surface area contributed by atoms with Crippen molar-refractivity contribution in [2.45, 2.75) is 31.7 Å². The van der Waals surface area contributed by atoms with Crippen molar-refractivity contribution in [3.63, 3.8) is 0 Å². The Kier molecular flexibility index (Phi) is 6.63. The van der Waals surface area contributed by atoms with E-state index in [0.29, 0.717) is 45.1 Å². The maximum atomic E-state index is 12.5. The second-order valence-corrected chi connectivity index (χ2v) is 7.73. The molecule has 2 aliphatic heterocycles. The first-order valence-corrected chi connectivity index (χ1v) is 10.6. The molecule has 8 heteroatoms. The number of para-hydroxylation sites is 1. The normalized spacial score (nSPS) is 19.6. The minimum absolute atomic E-state index is 0.0136. The number of carbonyl (C=O) groups is 2. The number of rotatable bonds is 7. The van der Waals surface area contributed by atoms with Crippen LogP contribution in [-0.4, -0.2) is 59.4 Å². The molecule has 0 aliphatic carbocycles. The highest BCUT2D eigenvalue weighted by Gasteiger charge is 2.28. The summed E-state index contributed by atoms with van der Waals surface area (Å²) in [6.07, 6.45) is 4.45. The van der Waals surface area contributed by atoms with Crippen LogP contribution in [0.4, 0.5) is 5.82 Å². The Morgan fingerprint density at radius 2 is 1.93 bits per heavy atom. The quantitative estimate of drug-likeness (QED) is 0.755. The molecule has 8 nitrogen and oxygen atoms in total. The Morgan fingerprint density at radius 3 is 2.67 bits per heavy atom. The van der Waals surface area contributed by atoms with E-state index in [1.165, 1.54) is 0 Å². The molecule has 0 spiro atoms. The molecule has 1 aromatic heterocycles. The van der Waals surface area contributed by atoms with Gasteiger partial charge in [-0.2, -0.15) is 5.10 Å². The van der Waals surface area contributed by atoms with Gasteiger partial charge in [-0.3, -0.25) is 9.59 Å². The number of benzene rings is 1. The van der Waals surface area contributed by atoms with Gasteiger partial charge in [-0.1, -0.05) is 18.2 Å². The third kappa shape index (κ3) is 4.99. The van der Waals surface area contributed by atoms with Crippen molar-refractivity contribution in [1.82, 2.24) is 14.7 Å². The monoisotopic (exact) mass is 412 g/mol. The zero-order valence-corrected chi connectivity index (χ0v) is 17.0. The number of amides is 2. The van der Waals surface area contributed by atoms with Gasteiger partial charge in [0.25, 0.3) is 0 Å². The van der Waals surface area contributed by atoms with E-state index in [1.54, 1.807) is 6.20 Å². The summed E-state index contributed by atoms with van der Waals surface area (Å²) in [5, 5.41) is 7.41. The van der Waals surface area contributed by atoms with Crippen molar-refractivity contribution < 1.29 is 19.1 Å². The van der Waals surface area contributed by atoms with E-state index in [0.717, 1.165) is 25.0 Å². The van der Waals surface area contributed by atoms with Gasteiger partial charge in [-0.15, -0.1) is 0 Å². The summed E-state index contributed by atoms with van der Waals surface area (Å²) in [6, 6.07) is 11.5. The highest BCUT2D eigenvalue weighted by atomic mass is 16.5. The van der Waals surface area contributed by atoms with E-state index in [-0.39, 0.29) is 23.8 Å². The van der Waals surface area contributed by atoms with E-state index in [2.05, 4.69) is 10.4 Å². The van der Waals surface area contributed by atoms with E-state index in [1.807, 2.05) is 46.0 Å². The van der Waals surface area contributed by atoms with Crippen LogP contribution in [0.5, 0.6) is 5.75 Å². The van der Waals surface area contributed by atoms with E-state index in [4.69, 9.17) is 9.47 Å². The maximum Gasteiger partial charge on any atom is 0.231 e. The highest BCUT2D eigenvalue weighted by molar-refractivity contribution is 5.92. The Hall–Kier alpha value is -2.87. The maximum absolute atomic E-state index is 12.5. The Bertz CT molecular complexity index is 840. The van der Waals surface area contributed by atoms with Gasteiger partial charge < -0.3 is 19.7 Å². The minimum Gasteiger partial charge on any atom is -0.493 e. The number of hydrogen-bond acceptors (Lipinski definition) is 5.